The Hall–Kier alpha value is -3.28. The minimum Gasteiger partial charge on any atom is -0.454 e. The number of benzene rings is 2. The van der Waals surface area contributed by atoms with E-state index >= 15 is 0 Å². The Balaban J connectivity index is 1.77. The second kappa shape index (κ2) is 5.17. The Labute approximate surface area is 132 Å². The number of rotatable bonds is 2. The molecular formula is C17H13N3O3. The largest absolute Gasteiger partial charge is 0.454 e. The van der Waals surface area contributed by atoms with Gasteiger partial charge in [0.2, 0.25) is 6.79 Å². The molecule has 2 aromatic carbocycles. The second-order valence-electron chi connectivity index (χ2n) is 5.11. The van der Waals surface area contributed by atoms with Gasteiger partial charge in [0.15, 0.2) is 11.5 Å². The zero-order chi connectivity index (χ0) is 15.8. The number of fused-ring (bicyclic) bond motifs is 1. The smallest absolute Gasteiger partial charge is 0.278 e. The molecule has 0 saturated carbocycles. The number of hydrogen-bond donors (Lipinski definition) is 1. The average Bonchev–Trinajstić information content (AvgIpc) is 3.20. The summed E-state index contributed by atoms with van der Waals surface area (Å²) in [5, 5.41) is 4.13. The van der Waals surface area contributed by atoms with Gasteiger partial charge in [0.1, 0.15) is 5.82 Å². The number of hydrogen-bond acceptors (Lipinski definition) is 5. The van der Waals surface area contributed by atoms with Crippen molar-refractivity contribution in [1.29, 1.82) is 0 Å². The third-order valence-corrected chi connectivity index (χ3v) is 3.61. The van der Waals surface area contributed by atoms with Gasteiger partial charge in [0.05, 0.1) is 5.69 Å². The van der Waals surface area contributed by atoms with E-state index in [4.69, 9.17) is 15.2 Å². The SMILES string of the molecule is Nc1cc(-c2ccccc2)n(C(=O)c2ccc3c(c2)OCO3)n1. The van der Waals surface area contributed by atoms with Gasteiger partial charge in [-0.15, -0.1) is 5.10 Å². The van der Waals surface area contributed by atoms with E-state index in [0.29, 0.717) is 22.8 Å². The summed E-state index contributed by atoms with van der Waals surface area (Å²) in [5.41, 5.74) is 7.76. The summed E-state index contributed by atoms with van der Waals surface area (Å²) in [7, 11) is 0. The van der Waals surface area contributed by atoms with Crippen LogP contribution in [0.25, 0.3) is 11.3 Å². The van der Waals surface area contributed by atoms with Crippen molar-refractivity contribution >= 4 is 11.7 Å². The third-order valence-electron chi connectivity index (χ3n) is 3.61. The number of carbonyl (C=O) groups excluding carboxylic acids is 1. The van der Waals surface area contributed by atoms with Crippen LogP contribution in [0.1, 0.15) is 10.4 Å². The predicted octanol–water partition coefficient (Wildman–Crippen LogP) is 2.55. The highest BCUT2D eigenvalue weighted by molar-refractivity contribution is 5.98. The maximum atomic E-state index is 12.8. The highest BCUT2D eigenvalue weighted by Crippen LogP contribution is 2.33. The van der Waals surface area contributed by atoms with E-state index in [1.165, 1.54) is 4.68 Å². The van der Waals surface area contributed by atoms with Crippen LogP contribution < -0.4 is 15.2 Å². The van der Waals surface area contributed by atoms with Crippen LogP contribution in [0.2, 0.25) is 0 Å². The maximum absolute atomic E-state index is 12.8. The lowest BCUT2D eigenvalue weighted by molar-refractivity contribution is 0.0947. The van der Waals surface area contributed by atoms with Gasteiger partial charge < -0.3 is 15.2 Å². The Kier molecular flexibility index (Phi) is 3.01. The van der Waals surface area contributed by atoms with Crippen LogP contribution in [0, 0.1) is 0 Å². The second-order valence-corrected chi connectivity index (χ2v) is 5.11. The molecule has 4 rings (SSSR count). The van der Waals surface area contributed by atoms with E-state index in [9.17, 15) is 4.79 Å². The number of nitrogen functional groups attached to an aromatic ring is 1. The summed E-state index contributed by atoms with van der Waals surface area (Å²) < 4.78 is 11.9. The number of carbonyl (C=O) groups is 1. The molecule has 6 nitrogen and oxygen atoms in total. The molecule has 0 saturated heterocycles. The summed E-state index contributed by atoms with van der Waals surface area (Å²) in [6.07, 6.45) is 0. The van der Waals surface area contributed by atoms with Gasteiger partial charge >= 0.3 is 0 Å². The van der Waals surface area contributed by atoms with Crippen molar-refractivity contribution in [3.05, 3.63) is 60.2 Å². The first kappa shape index (κ1) is 13.4. The quantitative estimate of drug-likeness (QED) is 0.787. The van der Waals surface area contributed by atoms with E-state index in [0.717, 1.165) is 5.56 Å². The lowest BCUT2D eigenvalue weighted by Gasteiger charge is -2.07. The first-order chi connectivity index (χ1) is 11.2. The van der Waals surface area contributed by atoms with Crippen molar-refractivity contribution in [3.8, 4) is 22.8 Å². The molecule has 0 unspecified atom stereocenters. The molecule has 3 aromatic rings. The molecule has 114 valence electrons. The van der Waals surface area contributed by atoms with Crippen LogP contribution in [0.4, 0.5) is 5.82 Å². The monoisotopic (exact) mass is 307 g/mol. The zero-order valence-electron chi connectivity index (χ0n) is 12.1. The molecule has 0 spiro atoms. The lowest BCUT2D eigenvalue weighted by atomic mass is 10.1. The first-order valence-corrected chi connectivity index (χ1v) is 7.08. The van der Waals surface area contributed by atoms with E-state index in [-0.39, 0.29) is 18.5 Å². The molecule has 6 heteroatoms. The van der Waals surface area contributed by atoms with Crippen LogP contribution >= 0.6 is 0 Å². The van der Waals surface area contributed by atoms with Gasteiger partial charge in [-0.3, -0.25) is 4.79 Å². The normalized spacial score (nSPS) is 12.3. The number of nitrogens with two attached hydrogens (primary N) is 1. The molecule has 0 fully saturated rings. The van der Waals surface area contributed by atoms with E-state index in [1.807, 2.05) is 30.3 Å². The fourth-order valence-electron chi connectivity index (χ4n) is 2.52. The molecule has 2 heterocycles. The van der Waals surface area contributed by atoms with E-state index in [2.05, 4.69) is 5.10 Å². The third kappa shape index (κ3) is 2.30. The molecule has 23 heavy (non-hydrogen) atoms. The van der Waals surface area contributed by atoms with Gasteiger partial charge in [0.25, 0.3) is 5.91 Å². The summed E-state index contributed by atoms with van der Waals surface area (Å²) in [6.45, 7) is 0.164. The van der Waals surface area contributed by atoms with Gasteiger partial charge in [-0.05, 0) is 18.2 Å². The molecule has 1 aliphatic rings. The number of aromatic nitrogens is 2. The Morgan fingerprint density at radius 2 is 1.83 bits per heavy atom. The van der Waals surface area contributed by atoms with Gasteiger partial charge in [-0.1, -0.05) is 30.3 Å². The van der Waals surface area contributed by atoms with Gasteiger partial charge in [-0.2, -0.15) is 4.68 Å². The van der Waals surface area contributed by atoms with Gasteiger partial charge in [0, 0.05) is 17.2 Å². The van der Waals surface area contributed by atoms with Crippen molar-refractivity contribution in [2.24, 2.45) is 0 Å². The van der Waals surface area contributed by atoms with Crippen molar-refractivity contribution in [3.63, 3.8) is 0 Å². The minimum absolute atomic E-state index is 0.164. The molecular weight excluding hydrogens is 294 g/mol. The Morgan fingerprint density at radius 1 is 1.04 bits per heavy atom. The van der Waals surface area contributed by atoms with Gasteiger partial charge in [-0.25, -0.2) is 0 Å². The number of nitrogens with zero attached hydrogens (tertiary/aromatic N) is 2. The predicted molar refractivity (Wildman–Crippen MR) is 84.4 cm³/mol. The molecule has 0 atom stereocenters. The van der Waals surface area contributed by atoms with Crippen LogP contribution in [0.5, 0.6) is 11.5 Å². The maximum Gasteiger partial charge on any atom is 0.278 e. The van der Waals surface area contributed by atoms with E-state index in [1.54, 1.807) is 24.3 Å². The molecule has 2 N–H and O–H groups in total. The Bertz CT molecular complexity index is 887. The molecule has 0 radical (unpaired) electrons. The summed E-state index contributed by atoms with van der Waals surface area (Å²) in [6, 6.07) is 16.2. The topological polar surface area (TPSA) is 79.4 Å². The van der Waals surface area contributed by atoms with Crippen molar-refractivity contribution in [2.75, 3.05) is 12.5 Å². The zero-order valence-corrected chi connectivity index (χ0v) is 12.1. The van der Waals surface area contributed by atoms with Crippen molar-refractivity contribution in [2.45, 2.75) is 0 Å². The average molecular weight is 307 g/mol. The molecule has 0 amide bonds. The van der Waals surface area contributed by atoms with Crippen molar-refractivity contribution in [1.82, 2.24) is 9.78 Å². The standard InChI is InChI=1S/C17H13N3O3/c18-16-9-13(11-4-2-1-3-5-11)20(19-16)17(21)12-6-7-14-15(8-12)23-10-22-14/h1-9H,10H2,(H2,18,19). The molecule has 1 aliphatic heterocycles. The fourth-order valence-corrected chi connectivity index (χ4v) is 2.52. The number of anilines is 1. The van der Waals surface area contributed by atoms with Crippen LogP contribution in [0.15, 0.2) is 54.6 Å². The molecule has 0 aliphatic carbocycles. The Morgan fingerprint density at radius 3 is 2.65 bits per heavy atom. The van der Waals surface area contributed by atoms with Crippen LogP contribution in [-0.4, -0.2) is 22.5 Å². The summed E-state index contributed by atoms with van der Waals surface area (Å²) in [4.78, 5) is 12.8. The minimum atomic E-state index is -0.279. The van der Waals surface area contributed by atoms with E-state index < -0.39 is 0 Å². The lowest BCUT2D eigenvalue weighted by Crippen LogP contribution is -2.15. The van der Waals surface area contributed by atoms with Crippen molar-refractivity contribution < 1.29 is 14.3 Å². The summed E-state index contributed by atoms with van der Waals surface area (Å²) >= 11 is 0. The summed E-state index contributed by atoms with van der Waals surface area (Å²) in [5.74, 6) is 1.19. The highest BCUT2D eigenvalue weighted by Gasteiger charge is 2.20. The first-order valence-electron chi connectivity index (χ1n) is 7.08. The fraction of sp³-hybridized carbons (Fsp3) is 0.0588. The molecule has 1 aromatic heterocycles. The van der Waals surface area contributed by atoms with Crippen LogP contribution in [-0.2, 0) is 0 Å². The number of ether oxygens (including phenoxy) is 2. The molecule has 0 bridgehead atoms. The van der Waals surface area contributed by atoms with Crippen LogP contribution in [0.3, 0.4) is 0 Å². The highest BCUT2D eigenvalue weighted by atomic mass is 16.7.